The number of ketones is 1. The van der Waals surface area contributed by atoms with E-state index >= 15 is 0 Å². The normalized spacial score (nSPS) is 10.3. The summed E-state index contributed by atoms with van der Waals surface area (Å²) in [6.45, 7) is 0. The second kappa shape index (κ2) is 5.08. The zero-order valence-corrected chi connectivity index (χ0v) is 11.2. The zero-order valence-electron chi connectivity index (χ0n) is 8.87. The van der Waals surface area contributed by atoms with E-state index in [0.29, 0.717) is 26.2 Å². The fourth-order valence-electron chi connectivity index (χ4n) is 1.35. The van der Waals surface area contributed by atoms with E-state index < -0.39 is 0 Å². The molecule has 0 radical (unpaired) electrons. The average molecular weight is 287 g/mol. The van der Waals surface area contributed by atoms with Crippen molar-refractivity contribution >= 4 is 40.3 Å². The summed E-state index contributed by atoms with van der Waals surface area (Å²) in [4.78, 5) is 12.7. The maximum absolute atomic E-state index is 12.2. The monoisotopic (exact) mass is 286 g/mol. The molecule has 1 aromatic carbocycles. The van der Waals surface area contributed by atoms with Crippen molar-refractivity contribution in [1.29, 1.82) is 0 Å². The highest BCUT2D eigenvalue weighted by Gasteiger charge is 2.15. The van der Waals surface area contributed by atoms with Crippen LogP contribution in [0, 0.1) is 0 Å². The number of carbonyl (C=O) groups is 1. The van der Waals surface area contributed by atoms with Gasteiger partial charge in [-0.15, -0.1) is 11.3 Å². The van der Waals surface area contributed by atoms with Crippen LogP contribution in [0.4, 0.5) is 0 Å². The minimum atomic E-state index is -0.147. The Morgan fingerprint density at radius 1 is 1.29 bits per heavy atom. The molecule has 5 heteroatoms. The van der Waals surface area contributed by atoms with Gasteiger partial charge in [0.2, 0.25) is 5.78 Å². The lowest BCUT2D eigenvalue weighted by molar-refractivity contribution is 0.104. The van der Waals surface area contributed by atoms with Gasteiger partial charge in [-0.2, -0.15) is 0 Å². The number of halogens is 2. The molecule has 1 aromatic heterocycles. The lowest BCUT2D eigenvalue weighted by Gasteiger charge is -2.01. The van der Waals surface area contributed by atoms with Crippen molar-refractivity contribution in [1.82, 2.24) is 0 Å². The molecule has 0 aliphatic carbocycles. The van der Waals surface area contributed by atoms with E-state index in [0.717, 1.165) is 0 Å². The number of benzene rings is 1. The second-order valence-electron chi connectivity index (χ2n) is 3.30. The SMILES string of the molecule is COc1csc(C(=O)c2cc(Cl)ccc2Cl)c1. The molecule has 17 heavy (non-hydrogen) atoms. The Hall–Kier alpha value is -1.03. The molecule has 0 amide bonds. The average Bonchev–Trinajstić information content (AvgIpc) is 2.80. The fraction of sp³-hybridized carbons (Fsp3) is 0.0833. The summed E-state index contributed by atoms with van der Waals surface area (Å²) in [5, 5.41) is 2.65. The van der Waals surface area contributed by atoms with Crippen molar-refractivity contribution in [2.75, 3.05) is 7.11 Å². The third-order valence-corrected chi connectivity index (χ3v) is 3.68. The number of methoxy groups -OCH3 is 1. The summed E-state index contributed by atoms with van der Waals surface area (Å²) in [7, 11) is 1.56. The maximum Gasteiger partial charge on any atom is 0.204 e. The van der Waals surface area contributed by atoms with Gasteiger partial charge in [-0.05, 0) is 18.2 Å². The zero-order chi connectivity index (χ0) is 12.4. The molecular weight excluding hydrogens is 279 g/mol. The Bertz CT molecular complexity index is 563. The predicted octanol–water partition coefficient (Wildman–Crippen LogP) is 4.29. The van der Waals surface area contributed by atoms with Crippen LogP contribution in [0.25, 0.3) is 0 Å². The van der Waals surface area contributed by atoms with Crippen LogP contribution in [-0.4, -0.2) is 12.9 Å². The van der Waals surface area contributed by atoms with E-state index in [1.807, 2.05) is 0 Å². The van der Waals surface area contributed by atoms with Crippen LogP contribution >= 0.6 is 34.5 Å². The number of rotatable bonds is 3. The smallest absolute Gasteiger partial charge is 0.204 e. The first-order valence-electron chi connectivity index (χ1n) is 4.74. The standard InChI is InChI=1S/C12H8Cl2O2S/c1-16-8-5-11(17-6-8)12(15)9-4-7(13)2-3-10(9)14/h2-6H,1H3. The summed E-state index contributed by atoms with van der Waals surface area (Å²) >= 11 is 13.1. The van der Waals surface area contributed by atoms with Crippen LogP contribution in [-0.2, 0) is 0 Å². The summed E-state index contributed by atoms with van der Waals surface area (Å²) < 4.78 is 5.03. The van der Waals surface area contributed by atoms with Crippen LogP contribution in [0.15, 0.2) is 29.6 Å². The Morgan fingerprint density at radius 2 is 2.06 bits per heavy atom. The predicted molar refractivity (Wildman–Crippen MR) is 70.8 cm³/mol. The van der Waals surface area contributed by atoms with Crippen LogP contribution in [0.2, 0.25) is 10.0 Å². The molecule has 0 N–H and O–H groups in total. The molecule has 0 saturated heterocycles. The molecule has 2 nitrogen and oxygen atoms in total. The molecule has 0 saturated carbocycles. The third-order valence-electron chi connectivity index (χ3n) is 2.21. The van der Waals surface area contributed by atoms with Crippen molar-refractivity contribution in [3.05, 3.63) is 50.1 Å². The Labute approximate surface area is 113 Å². The van der Waals surface area contributed by atoms with Gasteiger partial charge in [-0.3, -0.25) is 4.79 Å². The number of hydrogen-bond donors (Lipinski definition) is 0. The quantitative estimate of drug-likeness (QED) is 0.787. The minimum absolute atomic E-state index is 0.147. The second-order valence-corrected chi connectivity index (χ2v) is 5.06. The van der Waals surface area contributed by atoms with Gasteiger partial charge in [0.05, 0.1) is 17.0 Å². The molecule has 88 valence electrons. The first-order chi connectivity index (χ1) is 8.11. The van der Waals surface area contributed by atoms with E-state index in [1.165, 1.54) is 11.3 Å². The van der Waals surface area contributed by atoms with Gasteiger partial charge in [0, 0.05) is 22.0 Å². The lowest BCUT2D eigenvalue weighted by atomic mass is 10.1. The highest BCUT2D eigenvalue weighted by molar-refractivity contribution is 7.12. The summed E-state index contributed by atoms with van der Waals surface area (Å²) in [6, 6.07) is 6.51. The largest absolute Gasteiger partial charge is 0.496 e. The van der Waals surface area contributed by atoms with Gasteiger partial charge in [0.1, 0.15) is 5.75 Å². The van der Waals surface area contributed by atoms with Gasteiger partial charge in [0.25, 0.3) is 0 Å². The first kappa shape index (κ1) is 12.4. The van der Waals surface area contributed by atoms with Gasteiger partial charge in [0.15, 0.2) is 0 Å². The molecular formula is C12H8Cl2O2S. The van der Waals surface area contributed by atoms with Crippen LogP contribution in [0.3, 0.4) is 0 Å². The first-order valence-corrected chi connectivity index (χ1v) is 6.37. The van der Waals surface area contributed by atoms with Crippen LogP contribution in [0.5, 0.6) is 5.75 Å². The number of carbonyl (C=O) groups excluding carboxylic acids is 1. The molecule has 0 fully saturated rings. The van der Waals surface area contributed by atoms with Gasteiger partial charge in [-0.1, -0.05) is 23.2 Å². The fourth-order valence-corrected chi connectivity index (χ4v) is 2.53. The van der Waals surface area contributed by atoms with Crippen molar-refractivity contribution in [3.63, 3.8) is 0 Å². The number of thiophene rings is 1. The van der Waals surface area contributed by atoms with E-state index in [2.05, 4.69) is 0 Å². The van der Waals surface area contributed by atoms with Gasteiger partial charge < -0.3 is 4.74 Å². The molecule has 0 bridgehead atoms. The molecule has 0 spiro atoms. The number of hydrogen-bond acceptors (Lipinski definition) is 3. The van der Waals surface area contributed by atoms with Crippen molar-refractivity contribution in [2.24, 2.45) is 0 Å². The Kier molecular flexibility index (Phi) is 3.72. The highest BCUT2D eigenvalue weighted by Crippen LogP contribution is 2.28. The summed E-state index contributed by atoms with van der Waals surface area (Å²) in [5.41, 5.74) is 0.406. The van der Waals surface area contributed by atoms with Crippen molar-refractivity contribution < 1.29 is 9.53 Å². The summed E-state index contributed by atoms with van der Waals surface area (Å²) in [6.07, 6.45) is 0. The van der Waals surface area contributed by atoms with E-state index in [-0.39, 0.29) is 5.78 Å². The molecule has 0 unspecified atom stereocenters. The van der Waals surface area contributed by atoms with Crippen molar-refractivity contribution in [3.8, 4) is 5.75 Å². The molecule has 0 aliphatic rings. The topological polar surface area (TPSA) is 26.3 Å². The molecule has 0 atom stereocenters. The molecule has 2 aromatic rings. The molecule has 2 rings (SSSR count). The Morgan fingerprint density at radius 3 is 2.71 bits per heavy atom. The van der Waals surface area contributed by atoms with E-state index in [9.17, 15) is 4.79 Å². The van der Waals surface area contributed by atoms with Crippen molar-refractivity contribution in [2.45, 2.75) is 0 Å². The minimum Gasteiger partial charge on any atom is -0.496 e. The van der Waals surface area contributed by atoms with E-state index in [4.69, 9.17) is 27.9 Å². The van der Waals surface area contributed by atoms with Gasteiger partial charge >= 0.3 is 0 Å². The van der Waals surface area contributed by atoms with E-state index in [1.54, 1.807) is 36.8 Å². The Balaban J connectivity index is 2.39. The van der Waals surface area contributed by atoms with Gasteiger partial charge in [-0.25, -0.2) is 0 Å². The molecule has 0 aliphatic heterocycles. The third kappa shape index (κ3) is 2.63. The number of ether oxygens (including phenoxy) is 1. The maximum atomic E-state index is 12.2. The highest BCUT2D eigenvalue weighted by atomic mass is 35.5. The lowest BCUT2D eigenvalue weighted by Crippen LogP contribution is -1.99. The van der Waals surface area contributed by atoms with Crippen LogP contribution < -0.4 is 4.74 Å². The summed E-state index contributed by atoms with van der Waals surface area (Å²) in [5.74, 6) is 0.516. The molecule has 1 heterocycles. The van der Waals surface area contributed by atoms with Crippen LogP contribution in [0.1, 0.15) is 15.2 Å².